The second-order valence-corrected chi connectivity index (χ2v) is 7.04. The van der Waals surface area contributed by atoms with E-state index in [0.717, 1.165) is 54.8 Å². The van der Waals surface area contributed by atoms with E-state index in [-0.39, 0.29) is 5.56 Å². The maximum Gasteiger partial charge on any atom is 0.416 e. The Morgan fingerprint density at radius 3 is 2.22 bits per heavy atom. The molecule has 1 aliphatic heterocycles. The molecule has 1 aromatic heterocycles. The molecule has 0 atom stereocenters. The predicted octanol–water partition coefficient (Wildman–Crippen LogP) is 2.99. The molecule has 2 aliphatic rings. The van der Waals surface area contributed by atoms with Crippen molar-refractivity contribution in [3.8, 4) is 0 Å². The summed E-state index contributed by atoms with van der Waals surface area (Å²) in [5, 5.41) is 0. The molecule has 0 amide bonds. The van der Waals surface area contributed by atoms with Crippen LogP contribution in [0.4, 0.5) is 24.8 Å². The number of H-pyrrole nitrogens is 1. The normalized spacial score (nSPS) is 17.7. The topological polar surface area (TPSA) is 52.2 Å². The Labute approximate surface area is 154 Å². The highest BCUT2D eigenvalue weighted by molar-refractivity contribution is 5.50. The monoisotopic (exact) mass is 378 g/mol. The van der Waals surface area contributed by atoms with E-state index in [9.17, 15) is 18.0 Å². The standard InChI is InChI=1S/C19H21F3N4O/c20-19(21,22)13-5-7-14(8-6-13)25-9-11-26(12-10-25)18-23-16-4-2-1-3-15(16)17(27)24-18/h5-8H,1-4,9-12H2,(H,23,24,27). The Kier molecular flexibility index (Phi) is 4.57. The van der Waals surface area contributed by atoms with Gasteiger partial charge in [0.25, 0.3) is 5.56 Å². The lowest BCUT2D eigenvalue weighted by Crippen LogP contribution is -2.47. The molecule has 4 rings (SSSR count). The molecule has 1 fully saturated rings. The number of aromatic amines is 1. The molecular weight excluding hydrogens is 357 g/mol. The van der Waals surface area contributed by atoms with Crippen LogP contribution >= 0.6 is 0 Å². The van der Waals surface area contributed by atoms with Crippen molar-refractivity contribution in [2.24, 2.45) is 0 Å². The lowest BCUT2D eigenvalue weighted by Gasteiger charge is -2.36. The third-order valence-electron chi connectivity index (χ3n) is 5.32. The van der Waals surface area contributed by atoms with Gasteiger partial charge in [-0.05, 0) is 49.9 Å². The van der Waals surface area contributed by atoms with E-state index in [4.69, 9.17) is 0 Å². The smallest absolute Gasteiger partial charge is 0.368 e. The lowest BCUT2D eigenvalue weighted by molar-refractivity contribution is -0.137. The van der Waals surface area contributed by atoms with Gasteiger partial charge in [0.2, 0.25) is 5.95 Å². The van der Waals surface area contributed by atoms with Gasteiger partial charge in [-0.15, -0.1) is 0 Å². The van der Waals surface area contributed by atoms with Gasteiger partial charge in [0.05, 0.1) is 11.3 Å². The largest absolute Gasteiger partial charge is 0.416 e. The summed E-state index contributed by atoms with van der Waals surface area (Å²) in [4.78, 5) is 23.9. The van der Waals surface area contributed by atoms with Gasteiger partial charge < -0.3 is 9.80 Å². The van der Waals surface area contributed by atoms with E-state index < -0.39 is 11.7 Å². The van der Waals surface area contributed by atoms with Gasteiger partial charge in [-0.3, -0.25) is 9.78 Å². The molecule has 144 valence electrons. The minimum atomic E-state index is -4.32. The van der Waals surface area contributed by atoms with Gasteiger partial charge in [-0.25, -0.2) is 4.98 Å². The Morgan fingerprint density at radius 1 is 0.926 bits per heavy atom. The predicted molar refractivity (Wildman–Crippen MR) is 97.4 cm³/mol. The second kappa shape index (κ2) is 6.90. The van der Waals surface area contributed by atoms with E-state index in [1.165, 1.54) is 12.1 Å². The first kappa shape index (κ1) is 17.9. The van der Waals surface area contributed by atoms with Gasteiger partial charge in [0.15, 0.2) is 0 Å². The van der Waals surface area contributed by atoms with Crippen molar-refractivity contribution in [3.05, 3.63) is 51.4 Å². The van der Waals surface area contributed by atoms with Crippen molar-refractivity contribution in [1.29, 1.82) is 0 Å². The summed E-state index contributed by atoms with van der Waals surface area (Å²) in [6.45, 7) is 2.63. The number of hydrogen-bond donors (Lipinski definition) is 1. The van der Waals surface area contributed by atoms with E-state index in [0.29, 0.717) is 32.1 Å². The van der Waals surface area contributed by atoms with E-state index in [1.54, 1.807) is 0 Å². The summed E-state index contributed by atoms with van der Waals surface area (Å²) in [5.74, 6) is 0.604. The van der Waals surface area contributed by atoms with Crippen LogP contribution in [0.2, 0.25) is 0 Å². The van der Waals surface area contributed by atoms with Gasteiger partial charge in [-0.1, -0.05) is 0 Å². The molecule has 0 bridgehead atoms. The lowest BCUT2D eigenvalue weighted by atomic mass is 9.97. The zero-order valence-corrected chi connectivity index (χ0v) is 14.9. The zero-order valence-electron chi connectivity index (χ0n) is 14.9. The molecule has 0 spiro atoms. The van der Waals surface area contributed by atoms with Crippen molar-refractivity contribution < 1.29 is 13.2 Å². The van der Waals surface area contributed by atoms with Crippen LogP contribution in [0.3, 0.4) is 0 Å². The number of aromatic nitrogens is 2. The quantitative estimate of drug-likeness (QED) is 0.873. The van der Waals surface area contributed by atoms with Crippen LogP contribution in [0.15, 0.2) is 29.1 Å². The Balaban J connectivity index is 1.45. The molecule has 1 saturated heterocycles. The van der Waals surface area contributed by atoms with E-state index >= 15 is 0 Å². The van der Waals surface area contributed by atoms with Crippen LogP contribution < -0.4 is 15.4 Å². The molecule has 1 aromatic carbocycles. The Bertz CT molecular complexity index is 868. The summed E-state index contributed by atoms with van der Waals surface area (Å²) < 4.78 is 38.1. The number of hydrogen-bond acceptors (Lipinski definition) is 4. The number of piperazine rings is 1. The fourth-order valence-electron chi connectivity index (χ4n) is 3.78. The maximum atomic E-state index is 12.7. The third kappa shape index (κ3) is 3.65. The van der Waals surface area contributed by atoms with Gasteiger partial charge in [0, 0.05) is 37.4 Å². The Morgan fingerprint density at radius 2 is 1.56 bits per heavy atom. The van der Waals surface area contributed by atoms with Crippen molar-refractivity contribution in [1.82, 2.24) is 9.97 Å². The van der Waals surface area contributed by atoms with Crippen molar-refractivity contribution in [3.63, 3.8) is 0 Å². The molecule has 2 aromatic rings. The number of nitrogens with one attached hydrogen (secondary N) is 1. The zero-order chi connectivity index (χ0) is 19.0. The number of nitrogens with zero attached hydrogens (tertiary/aromatic N) is 3. The van der Waals surface area contributed by atoms with Gasteiger partial charge in [-0.2, -0.15) is 13.2 Å². The average molecular weight is 378 g/mol. The summed E-state index contributed by atoms with van der Waals surface area (Å²) in [7, 11) is 0. The molecule has 2 heterocycles. The minimum Gasteiger partial charge on any atom is -0.368 e. The fourth-order valence-corrected chi connectivity index (χ4v) is 3.78. The van der Waals surface area contributed by atoms with Crippen molar-refractivity contribution in [2.75, 3.05) is 36.0 Å². The number of aryl methyl sites for hydroxylation is 1. The maximum absolute atomic E-state index is 12.7. The number of fused-ring (bicyclic) bond motifs is 1. The van der Waals surface area contributed by atoms with Gasteiger partial charge in [0.1, 0.15) is 0 Å². The molecule has 1 N–H and O–H groups in total. The van der Waals surface area contributed by atoms with Crippen molar-refractivity contribution >= 4 is 11.6 Å². The summed E-state index contributed by atoms with van der Waals surface area (Å²) >= 11 is 0. The van der Waals surface area contributed by atoms with Crippen LogP contribution in [0, 0.1) is 0 Å². The second-order valence-electron chi connectivity index (χ2n) is 7.04. The average Bonchev–Trinajstić information content (AvgIpc) is 2.67. The first-order valence-corrected chi connectivity index (χ1v) is 9.21. The minimum absolute atomic E-state index is 0.0418. The van der Waals surface area contributed by atoms with Crippen LogP contribution in [-0.4, -0.2) is 36.1 Å². The first-order chi connectivity index (χ1) is 12.9. The highest BCUT2D eigenvalue weighted by Gasteiger charge is 2.30. The summed E-state index contributed by atoms with van der Waals surface area (Å²) in [6, 6.07) is 5.25. The molecule has 0 radical (unpaired) electrons. The third-order valence-corrected chi connectivity index (χ3v) is 5.32. The fraction of sp³-hybridized carbons (Fsp3) is 0.474. The van der Waals surface area contributed by atoms with Crippen molar-refractivity contribution in [2.45, 2.75) is 31.9 Å². The highest BCUT2D eigenvalue weighted by atomic mass is 19.4. The summed E-state index contributed by atoms with van der Waals surface area (Å²) in [6.07, 6.45) is -0.591. The van der Waals surface area contributed by atoms with Gasteiger partial charge >= 0.3 is 6.18 Å². The Hall–Kier alpha value is -2.51. The molecule has 0 saturated carbocycles. The number of alkyl halides is 3. The van der Waals surface area contributed by atoms with Crippen LogP contribution in [0.5, 0.6) is 0 Å². The first-order valence-electron chi connectivity index (χ1n) is 9.21. The molecule has 1 aliphatic carbocycles. The number of rotatable bonds is 2. The van der Waals surface area contributed by atoms with Crippen LogP contribution in [0.25, 0.3) is 0 Å². The SMILES string of the molecule is O=c1[nH]c(N2CCN(c3ccc(C(F)(F)F)cc3)CC2)nc2c1CCCC2. The molecule has 8 heteroatoms. The highest BCUT2D eigenvalue weighted by Crippen LogP contribution is 2.30. The molecule has 5 nitrogen and oxygen atoms in total. The van der Waals surface area contributed by atoms with Crippen LogP contribution in [-0.2, 0) is 19.0 Å². The van der Waals surface area contributed by atoms with E-state index in [2.05, 4.69) is 9.97 Å². The number of benzene rings is 1. The van der Waals surface area contributed by atoms with E-state index in [1.807, 2.05) is 9.80 Å². The number of anilines is 2. The number of halogens is 3. The molecule has 0 unspecified atom stereocenters. The summed E-state index contributed by atoms with van der Waals surface area (Å²) in [5.41, 5.74) is 1.81. The van der Waals surface area contributed by atoms with Crippen LogP contribution in [0.1, 0.15) is 29.7 Å². The molecule has 27 heavy (non-hydrogen) atoms. The molecular formula is C19H21F3N4O.